The molecule has 0 unspecified atom stereocenters. The highest BCUT2D eigenvalue weighted by Crippen LogP contribution is 2.59. The normalized spacial score (nSPS) is 25.5. The molecule has 2 aromatic carbocycles. The number of carbonyl (C=O) groups is 4. The van der Waals surface area contributed by atoms with E-state index in [1.165, 1.54) is 4.90 Å². The van der Waals surface area contributed by atoms with Crippen LogP contribution in [0.15, 0.2) is 73.8 Å². The number of nitrogens with one attached hydrogen (secondary N) is 1. The number of benzene rings is 2. The number of carbonyl (C=O) groups excluding carboxylic acids is 4. The van der Waals surface area contributed by atoms with E-state index in [4.69, 9.17) is 9.47 Å². The molecule has 5 rings (SSSR count). The maximum Gasteiger partial charge on any atom is 0.306 e. The van der Waals surface area contributed by atoms with Gasteiger partial charge in [-0.05, 0) is 62.8 Å². The van der Waals surface area contributed by atoms with Gasteiger partial charge in [-0.2, -0.15) is 0 Å². The second kappa shape index (κ2) is 14.2. The minimum atomic E-state index is -1.25. The zero-order valence-corrected chi connectivity index (χ0v) is 27.4. The largest absolute Gasteiger partial charge is 0.463 e. The summed E-state index contributed by atoms with van der Waals surface area (Å²) in [5, 5.41) is 13.3. The Kier molecular flexibility index (Phi) is 10.3. The fraction of sp³-hybridized carbons (Fsp3) is 0.459. The topological polar surface area (TPSA) is 125 Å². The number of amides is 3. The first-order valence-electron chi connectivity index (χ1n) is 16.3. The summed E-state index contributed by atoms with van der Waals surface area (Å²) in [4.78, 5) is 58.7. The Bertz CT molecular complexity index is 1530. The number of aliphatic hydroxyl groups is 1. The van der Waals surface area contributed by atoms with E-state index >= 15 is 0 Å². The van der Waals surface area contributed by atoms with Gasteiger partial charge >= 0.3 is 5.97 Å². The van der Waals surface area contributed by atoms with Crippen molar-refractivity contribution in [1.82, 2.24) is 10.2 Å². The van der Waals surface area contributed by atoms with Crippen molar-refractivity contribution in [2.45, 2.75) is 76.3 Å². The second-order valence-corrected chi connectivity index (χ2v) is 12.8. The standard InChI is InChI=1S/C37H45N3O7/c1-6-8-14-30(42)46-22-27(26-12-10-9-11-13-26)38-34(43)31-29-17-18-37(47-29)32(31)35(44)40(25(5)21-41)33(37)36(45)39(19-7-2)28-20-23(3)15-16-24(28)4/h6-7,9-13,15-16,20,25,27,29,31-33,41H,1-2,8,14,17-19,21-22H2,3-5H3,(H,38,43)/t25-,27-,29+,31-,32-,33+,37-/m1/s1. The monoisotopic (exact) mass is 643 g/mol. The first-order chi connectivity index (χ1) is 22.6. The van der Waals surface area contributed by atoms with E-state index in [1.807, 2.05) is 62.4 Å². The molecule has 7 atom stereocenters. The van der Waals surface area contributed by atoms with Gasteiger partial charge in [0.15, 0.2) is 0 Å². The Labute approximate surface area is 276 Å². The van der Waals surface area contributed by atoms with Crippen molar-refractivity contribution >= 4 is 29.4 Å². The molecule has 3 saturated heterocycles. The molecule has 3 fully saturated rings. The lowest BCUT2D eigenvalue weighted by atomic mass is 9.70. The third kappa shape index (κ3) is 6.36. The van der Waals surface area contributed by atoms with E-state index in [0.29, 0.717) is 24.9 Å². The van der Waals surface area contributed by atoms with Crippen molar-refractivity contribution < 1.29 is 33.8 Å². The van der Waals surface area contributed by atoms with E-state index in [9.17, 15) is 24.3 Å². The van der Waals surface area contributed by atoms with Crippen LogP contribution in [0.25, 0.3) is 0 Å². The highest BCUT2D eigenvalue weighted by atomic mass is 16.5. The maximum atomic E-state index is 14.7. The number of anilines is 1. The Balaban J connectivity index is 1.48. The molecule has 0 radical (unpaired) electrons. The number of allylic oxidation sites excluding steroid dienone is 1. The lowest BCUT2D eigenvalue weighted by molar-refractivity contribution is -0.146. The van der Waals surface area contributed by atoms with E-state index in [0.717, 1.165) is 16.7 Å². The number of nitrogens with zero attached hydrogens (tertiary/aromatic N) is 2. The number of hydrogen-bond acceptors (Lipinski definition) is 7. The van der Waals surface area contributed by atoms with E-state index in [-0.39, 0.29) is 38.0 Å². The molecule has 2 N–H and O–H groups in total. The van der Waals surface area contributed by atoms with Crippen molar-refractivity contribution in [2.24, 2.45) is 11.8 Å². The lowest BCUT2D eigenvalue weighted by Gasteiger charge is -2.38. The molecule has 0 aliphatic carbocycles. The zero-order chi connectivity index (χ0) is 33.9. The number of likely N-dealkylation sites (tertiary alicyclic amines) is 1. The van der Waals surface area contributed by atoms with Crippen molar-refractivity contribution in [2.75, 3.05) is 24.7 Å². The van der Waals surface area contributed by atoms with Crippen molar-refractivity contribution in [3.8, 4) is 0 Å². The average Bonchev–Trinajstić information content (AvgIpc) is 3.72. The molecule has 0 aromatic heterocycles. The molecular weight excluding hydrogens is 598 g/mol. The Morgan fingerprint density at radius 3 is 2.60 bits per heavy atom. The fourth-order valence-electron chi connectivity index (χ4n) is 7.47. The highest BCUT2D eigenvalue weighted by Gasteiger charge is 2.75. The molecule has 10 nitrogen and oxygen atoms in total. The first-order valence-corrected chi connectivity index (χ1v) is 16.3. The molecule has 2 aromatic rings. The van der Waals surface area contributed by atoms with Crippen LogP contribution in [0, 0.1) is 25.7 Å². The quantitative estimate of drug-likeness (QED) is 0.236. The van der Waals surface area contributed by atoms with Gasteiger partial charge in [0.2, 0.25) is 11.8 Å². The van der Waals surface area contributed by atoms with Gasteiger partial charge in [-0.15, -0.1) is 13.2 Å². The molecule has 0 saturated carbocycles. The van der Waals surface area contributed by atoms with Crippen molar-refractivity contribution in [1.29, 1.82) is 0 Å². The SMILES string of the molecule is C=CCCC(=O)OC[C@@H](NC(=O)[C@@H]1[C@@H]2CC[C@]3(O2)[C@H](C(=O)N(CC=C)c2cc(C)ccc2C)N([C@H](C)CO)C(=O)[C@@H]13)c1ccccc1. The minimum Gasteiger partial charge on any atom is -0.463 e. The summed E-state index contributed by atoms with van der Waals surface area (Å²) in [5.74, 6) is -3.35. The van der Waals surface area contributed by atoms with E-state index in [2.05, 4.69) is 18.5 Å². The molecule has 3 heterocycles. The number of esters is 1. The van der Waals surface area contributed by atoms with Gasteiger partial charge in [-0.25, -0.2) is 0 Å². The molecule has 3 amide bonds. The number of aliphatic hydroxyl groups excluding tert-OH is 1. The predicted molar refractivity (Wildman–Crippen MR) is 177 cm³/mol. The number of rotatable bonds is 14. The summed E-state index contributed by atoms with van der Waals surface area (Å²) in [6, 6.07) is 12.6. The van der Waals surface area contributed by atoms with E-state index < -0.39 is 53.5 Å². The molecule has 10 heteroatoms. The molecule has 1 spiro atoms. The third-order valence-corrected chi connectivity index (χ3v) is 9.73. The summed E-state index contributed by atoms with van der Waals surface area (Å²) in [7, 11) is 0. The fourth-order valence-corrected chi connectivity index (χ4v) is 7.47. The summed E-state index contributed by atoms with van der Waals surface area (Å²) >= 11 is 0. The van der Waals surface area contributed by atoms with Gasteiger partial charge in [0, 0.05) is 18.7 Å². The van der Waals surface area contributed by atoms with E-state index in [1.54, 1.807) is 24.0 Å². The van der Waals surface area contributed by atoms with Crippen LogP contribution in [0.5, 0.6) is 0 Å². The Hall–Kier alpha value is -4.28. The van der Waals surface area contributed by atoms with Crippen LogP contribution in [0.4, 0.5) is 5.69 Å². The summed E-state index contributed by atoms with van der Waals surface area (Å²) in [6.07, 6.45) is 4.26. The summed E-state index contributed by atoms with van der Waals surface area (Å²) < 4.78 is 12.1. The molecule has 250 valence electrons. The van der Waals surface area contributed by atoms with Crippen molar-refractivity contribution in [3.63, 3.8) is 0 Å². The molecular formula is C37H45N3O7. The minimum absolute atomic E-state index is 0.0884. The van der Waals surface area contributed by atoms with Gasteiger partial charge in [-0.3, -0.25) is 19.2 Å². The van der Waals surface area contributed by atoms with Crippen LogP contribution in [-0.4, -0.2) is 77.2 Å². The average molecular weight is 644 g/mol. The third-order valence-electron chi connectivity index (χ3n) is 9.73. The van der Waals surface area contributed by atoms with Crippen molar-refractivity contribution in [3.05, 3.63) is 90.5 Å². The number of ether oxygens (including phenoxy) is 2. The Morgan fingerprint density at radius 2 is 1.91 bits per heavy atom. The van der Waals surface area contributed by atoms with Crippen LogP contribution >= 0.6 is 0 Å². The van der Waals surface area contributed by atoms with Crippen LogP contribution < -0.4 is 10.2 Å². The summed E-state index contributed by atoms with van der Waals surface area (Å²) in [6.45, 7) is 12.8. The highest BCUT2D eigenvalue weighted by molar-refractivity contribution is 6.05. The zero-order valence-electron chi connectivity index (χ0n) is 27.4. The maximum absolute atomic E-state index is 14.7. The van der Waals surface area contributed by atoms with Crippen LogP contribution in [-0.2, 0) is 28.7 Å². The lowest BCUT2D eigenvalue weighted by Crippen LogP contribution is -2.58. The summed E-state index contributed by atoms with van der Waals surface area (Å²) in [5.41, 5.74) is 2.05. The van der Waals surface area contributed by atoms with Crippen LogP contribution in [0.2, 0.25) is 0 Å². The van der Waals surface area contributed by atoms with Crippen LogP contribution in [0.1, 0.15) is 55.3 Å². The Morgan fingerprint density at radius 1 is 1.17 bits per heavy atom. The van der Waals surface area contributed by atoms with Gasteiger partial charge < -0.3 is 29.7 Å². The second-order valence-electron chi connectivity index (χ2n) is 12.8. The molecule has 47 heavy (non-hydrogen) atoms. The van der Waals surface area contributed by atoms with Gasteiger partial charge in [0.1, 0.15) is 18.2 Å². The van der Waals surface area contributed by atoms with Gasteiger partial charge in [0.25, 0.3) is 5.91 Å². The first kappa shape index (κ1) is 34.1. The number of aryl methyl sites for hydroxylation is 2. The number of hydrogen-bond donors (Lipinski definition) is 2. The van der Waals surface area contributed by atoms with Gasteiger partial charge in [-0.1, -0.05) is 54.6 Å². The smallest absolute Gasteiger partial charge is 0.306 e. The molecule has 2 bridgehead atoms. The van der Waals surface area contributed by atoms with Crippen LogP contribution in [0.3, 0.4) is 0 Å². The predicted octanol–water partition coefficient (Wildman–Crippen LogP) is 3.94. The molecule has 3 aliphatic rings. The molecule has 3 aliphatic heterocycles. The van der Waals surface area contributed by atoms with Gasteiger partial charge in [0.05, 0.1) is 36.6 Å². The number of fused-ring (bicyclic) bond motifs is 1.